The van der Waals surface area contributed by atoms with Crippen LogP contribution in [0.15, 0.2) is 36.7 Å². The molecule has 146 valence electrons. The molecule has 0 saturated carbocycles. The van der Waals surface area contributed by atoms with Crippen LogP contribution in [0, 0.1) is 18.3 Å². The normalized spacial score (nSPS) is 12.9. The van der Waals surface area contributed by atoms with Crippen molar-refractivity contribution in [3.05, 3.63) is 59.0 Å². The zero-order valence-corrected chi connectivity index (χ0v) is 16.2. The minimum atomic E-state index is -0.0715. The maximum atomic E-state index is 11.7. The van der Waals surface area contributed by atoms with E-state index < -0.39 is 0 Å². The fourth-order valence-corrected chi connectivity index (χ4v) is 3.24. The molecule has 0 spiro atoms. The summed E-state index contributed by atoms with van der Waals surface area (Å²) in [6.45, 7) is 3.15. The second kappa shape index (κ2) is 7.59. The van der Waals surface area contributed by atoms with Gasteiger partial charge in [-0.15, -0.1) is 0 Å². The van der Waals surface area contributed by atoms with Crippen molar-refractivity contribution < 1.29 is 4.79 Å². The zero-order chi connectivity index (χ0) is 20.4. The van der Waals surface area contributed by atoms with E-state index in [1.807, 2.05) is 38.4 Å². The molecule has 0 unspecified atom stereocenters. The molecule has 3 aromatic rings. The van der Waals surface area contributed by atoms with Crippen molar-refractivity contribution >= 4 is 23.4 Å². The summed E-state index contributed by atoms with van der Waals surface area (Å²) in [4.78, 5) is 22.5. The van der Waals surface area contributed by atoms with Gasteiger partial charge in [0.25, 0.3) is 0 Å². The molecule has 9 nitrogen and oxygen atoms in total. The largest absolute Gasteiger partial charge is 0.350 e. The summed E-state index contributed by atoms with van der Waals surface area (Å²) >= 11 is 0. The van der Waals surface area contributed by atoms with Crippen LogP contribution in [0.3, 0.4) is 0 Å². The Morgan fingerprint density at radius 3 is 2.97 bits per heavy atom. The van der Waals surface area contributed by atoms with E-state index in [0.29, 0.717) is 41.8 Å². The van der Waals surface area contributed by atoms with E-state index in [-0.39, 0.29) is 12.5 Å². The first-order chi connectivity index (χ1) is 14.0. The van der Waals surface area contributed by atoms with Crippen LogP contribution < -0.4 is 15.5 Å². The van der Waals surface area contributed by atoms with Crippen molar-refractivity contribution in [1.82, 2.24) is 19.7 Å². The lowest BCUT2D eigenvalue weighted by Crippen LogP contribution is -2.36. The fourth-order valence-electron chi connectivity index (χ4n) is 3.24. The Balaban J connectivity index is 1.45. The van der Waals surface area contributed by atoms with Gasteiger partial charge in [-0.05, 0) is 18.6 Å². The van der Waals surface area contributed by atoms with Crippen LogP contribution in [-0.4, -0.2) is 39.2 Å². The summed E-state index contributed by atoms with van der Waals surface area (Å²) in [6, 6.07) is 9.70. The molecule has 3 heterocycles. The van der Waals surface area contributed by atoms with Crippen molar-refractivity contribution in [2.45, 2.75) is 20.0 Å². The number of nitrogens with zero attached hydrogens (tertiary/aromatic N) is 6. The Morgan fingerprint density at radius 1 is 1.31 bits per heavy atom. The molecule has 0 bridgehead atoms. The van der Waals surface area contributed by atoms with Gasteiger partial charge in [-0.25, -0.2) is 4.98 Å². The molecule has 0 radical (unpaired) electrons. The van der Waals surface area contributed by atoms with Crippen molar-refractivity contribution in [1.29, 1.82) is 5.26 Å². The van der Waals surface area contributed by atoms with E-state index in [4.69, 9.17) is 0 Å². The predicted molar refractivity (Wildman–Crippen MR) is 108 cm³/mol. The first kappa shape index (κ1) is 18.4. The Kier molecular flexibility index (Phi) is 4.83. The van der Waals surface area contributed by atoms with E-state index in [1.165, 1.54) is 0 Å². The lowest BCUT2D eigenvalue weighted by molar-refractivity contribution is -0.115. The SMILES string of the molecule is Cc1nc(NCc2cnn(Cc3ccccc3C#N)c2)nc2c1NC(=O)CN2C. The lowest BCUT2D eigenvalue weighted by Gasteiger charge is -2.27. The van der Waals surface area contributed by atoms with Crippen molar-refractivity contribution in [3.8, 4) is 6.07 Å². The molecule has 0 aliphatic carbocycles. The molecule has 1 aliphatic rings. The highest BCUT2D eigenvalue weighted by Crippen LogP contribution is 2.29. The lowest BCUT2D eigenvalue weighted by atomic mass is 10.1. The monoisotopic (exact) mass is 388 g/mol. The van der Waals surface area contributed by atoms with Crippen LogP contribution in [0.4, 0.5) is 17.5 Å². The molecule has 1 aromatic carbocycles. The summed E-state index contributed by atoms with van der Waals surface area (Å²) in [7, 11) is 1.83. The van der Waals surface area contributed by atoms with Gasteiger partial charge in [-0.1, -0.05) is 18.2 Å². The smallest absolute Gasteiger partial charge is 0.244 e. The molecule has 0 saturated heterocycles. The van der Waals surface area contributed by atoms with Crippen LogP contribution in [-0.2, 0) is 17.9 Å². The van der Waals surface area contributed by atoms with Crippen LogP contribution in [0.5, 0.6) is 0 Å². The van der Waals surface area contributed by atoms with Gasteiger partial charge in [-0.3, -0.25) is 9.48 Å². The molecule has 29 heavy (non-hydrogen) atoms. The number of anilines is 3. The standard InChI is InChI=1S/C20H20N8O/c1-13-18-19(27(2)12-17(29)25-18)26-20(24-13)22-8-14-9-23-28(10-14)11-16-6-4-3-5-15(16)7-21/h3-6,9-10H,8,11-12H2,1-2H3,(H,25,29)(H,22,24,26). The number of likely N-dealkylation sites (N-methyl/N-ethyl adjacent to an activating group) is 1. The van der Waals surface area contributed by atoms with Crippen LogP contribution in [0.25, 0.3) is 0 Å². The number of benzene rings is 1. The highest BCUT2D eigenvalue weighted by Gasteiger charge is 2.23. The average Bonchev–Trinajstić information content (AvgIpc) is 3.15. The van der Waals surface area contributed by atoms with Crippen LogP contribution in [0.2, 0.25) is 0 Å². The third-order valence-electron chi connectivity index (χ3n) is 4.69. The van der Waals surface area contributed by atoms with Crippen molar-refractivity contribution in [3.63, 3.8) is 0 Å². The first-order valence-electron chi connectivity index (χ1n) is 9.16. The van der Waals surface area contributed by atoms with Crippen molar-refractivity contribution in [2.75, 3.05) is 29.1 Å². The maximum absolute atomic E-state index is 11.7. The Bertz CT molecular complexity index is 1110. The number of carbonyl (C=O) groups excluding carboxylic acids is 1. The molecular formula is C20H20N8O. The predicted octanol–water partition coefficient (Wildman–Crippen LogP) is 1.90. The average molecular weight is 388 g/mol. The van der Waals surface area contributed by atoms with Crippen LogP contribution >= 0.6 is 0 Å². The van der Waals surface area contributed by atoms with Gasteiger partial charge in [0.1, 0.15) is 5.69 Å². The third kappa shape index (κ3) is 3.87. The van der Waals surface area contributed by atoms with Gasteiger partial charge >= 0.3 is 0 Å². The summed E-state index contributed by atoms with van der Waals surface area (Å²) < 4.78 is 1.80. The highest BCUT2D eigenvalue weighted by atomic mass is 16.2. The highest BCUT2D eigenvalue weighted by molar-refractivity contribution is 6.00. The molecule has 2 aromatic heterocycles. The fraction of sp³-hybridized carbons (Fsp3) is 0.250. The van der Waals surface area contributed by atoms with Gasteiger partial charge < -0.3 is 15.5 Å². The molecule has 4 rings (SSSR count). The molecule has 1 amide bonds. The number of rotatable bonds is 5. The number of nitrogens with one attached hydrogen (secondary N) is 2. The van der Waals surface area contributed by atoms with Gasteiger partial charge in [0, 0.05) is 25.4 Å². The maximum Gasteiger partial charge on any atom is 0.244 e. The van der Waals surface area contributed by atoms with Gasteiger partial charge in [-0.2, -0.15) is 15.3 Å². The van der Waals surface area contributed by atoms with E-state index in [1.54, 1.807) is 21.8 Å². The summed E-state index contributed by atoms with van der Waals surface area (Å²) in [5.74, 6) is 1.12. The van der Waals surface area contributed by atoms with Crippen LogP contribution in [0.1, 0.15) is 22.4 Å². The third-order valence-corrected chi connectivity index (χ3v) is 4.69. The Labute approximate surface area is 168 Å². The number of fused-ring (bicyclic) bond motifs is 1. The number of nitriles is 1. The number of amides is 1. The molecular weight excluding hydrogens is 368 g/mol. The van der Waals surface area contributed by atoms with E-state index in [9.17, 15) is 10.1 Å². The summed E-state index contributed by atoms with van der Waals surface area (Å²) in [5, 5.41) is 19.6. The number of hydrogen-bond donors (Lipinski definition) is 2. The zero-order valence-electron chi connectivity index (χ0n) is 16.2. The first-order valence-corrected chi connectivity index (χ1v) is 9.16. The van der Waals surface area contributed by atoms with Gasteiger partial charge in [0.05, 0.1) is 36.6 Å². The molecule has 0 fully saturated rings. The molecule has 2 N–H and O–H groups in total. The molecule has 0 atom stereocenters. The number of hydrogen-bond acceptors (Lipinski definition) is 7. The second-order valence-electron chi connectivity index (χ2n) is 6.90. The Morgan fingerprint density at radius 2 is 2.14 bits per heavy atom. The quantitative estimate of drug-likeness (QED) is 0.686. The van der Waals surface area contributed by atoms with Crippen molar-refractivity contribution in [2.24, 2.45) is 0 Å². The number of carbonyl (C=O) groups is 1. The summed E-state index contributed by atoms with van der Waals surface area (Å²) in [5.41, 5.74) is 3.91. The second-order valence-corrected chi connectivity index (χ2v) is 6.90. The summed E-state index contributed by atoms with van der Waals surface area (Å²) in [6.07, 6.45) is 3.71. The number of aryl methyl sites for hydroxylation is 1. The van der Waals surface area contributed by atoms with E-state index >= 15 is 0 Å². The van der Waals surface area contributed by atoms with E-state index in [0.717, 1.165) is 11.1 Å². The van der Waals surface area contributed by atoms with Gasteiger partial charge in [0.15, 0.2) is 5.82 Å². The van der Waals surface area contributed by atoms with E-state index in [2.05, 4.69) is 31.8 Å². The topological polar surface area (TPSA) is 112 Å². The molecule has 9 heteroatoms. The minimum absolute atomic E-state index is 0.0715. The number of aromatic nitrogens is 4. The molecule has 1 aliphatic heterocycles. The minimum Gasteiger partial charge on any atom is -0.350 e. The Hall–Kier alpha value is -3.93. The van der Waals surface area contributed by atoms with Gasteiger partial charge in [0.2, 0.25) is 11.9 Å².